The van der Waals surface area contributed by atoms with Crippen molar-refractivity contribution in [2.24, 2.45) is 4.99 Å². The van der Waals surface area contributed by atoms with Gasteiger partial charge in [0.1, 0.15) is 27.9 Å². The smallest absolute Gasteiger partial charge is 0.345 e. The fourth-order valence-corrected chi connectivity index (χ4v) is 5.10. The van der Waals surface area contributed by atoms with Crippen molar-refractivity contribution in [2.75, 3.05) is 26.7 Å². The molecule has 2 aromatic carbocycles. The summed E-state index contributed by atoms with van der Waals surface area (Å²) in [5, 5.41) is 18.9. The van der Waals surface area contributed by atoms with Crippen LogP contribution in [0.25, 0.3) is 0 Å². The molecule has 1 unspecified atom stereocenters. The summed E-state index contributed by atoms with van der Waals surface area (Å²) in [6.07, 6.45) is 1.62. The average Bonchev–Trinajstić information content (AvgIpc) is 3.46. The van der Waals surface area contributed by atoms with Gasteiger partial charge in [-0.3, -0.25) is 14.8 Å². The third kappa shape index (κ3) is 6.33. The highest BCUT2D eigenvalue weighted by Gasteiger charge is 2.26. The average molecular weight is 637 g/mol. The van der Waals surface area contributed by atoms with Crippen LogP contribution in [0, 0.1) is 23.0 Å². The minimum Gasteiger partial charge on any atom is -0.504 e. The number of aliphatic imine (C=N–C) groups is 1. The lowest BCUT2D eigenvalue weighted by molar-refractivity contribution is 0.0523. The molecule has 0 spiro atoms. The Bertz CT molecular complexity index is 1980. The van der Waals surface area contributed by atoms with Gasteiger partial charge in [-0.25, -0.2) is 23.4 Å². The van der Waals surface area contributed by atoms with Gasteiger partial charge < -0.3 is 24.2 Å². The number of amidine groups is 1. The molecule has 2 aromatic heterocycles. The summed E-state index contributed by atoms with van der Waals surface area (Å²) in [5.74, 6) is -5.47. The monoisotopic (exact) mass is 636 g/mol. The molecule has 0 amide bonds. The van der Waals surface area contributed by atoms with Gasteiger partial charge in [0, 0.05) is 24.6 Å². The fraction of sp³-hybridized carbons (Fsp3) is 0.172. The molecular weight excluding hydrogens is 614 g/mol. The van der Waals surface area contributed by atoms with E-state index in [1.165, 1.54) is 30.3 Å². The Hall–Kier alpha value is -5.69. The number of aromatic hydroxyl groups is 1. The Morgan fingerprint density at radius 2 is 1.96 bits per heavy atom. The van der Waals surface area contributed by atoms with Gasteiger partial charge in [-0.05, 0) is 37.3 Å². The Labute approximate surface area is 255 Å². The summed E-state index contributed by atoms with van der Waals surface area (Å²) >= 11 is 0. The summed E-state index contributed by atoms with van der Waals surface area (Å²) in [6.45, 7) is 2.55. The number of rotatable bonds is 9. The van der Waals surface area contributed by atoms with Gasteiger partial charge >= 0.3 is 5.97 Å². The predicted octanol–water partition coefficient (Wildman–Crippen LogP) is 3.64. The van der Waals surface area contributed by atoms with E-state index in [4.69, 9.17) is 19.5 Å². The molecule has 0 fully saturated rings. The number of aromatic amines is 1. The first kappa shape index (κ1) is 30.8. The van der Waals surface area contributed by atoms with Crippen LogP contribution in [0.1, 0.15) is 28.4 Å². The number of H-pyrrole nitrogens is 1. The van der Waals surface area contributed by atoms with Crippen molar-refractivity contribution >= 4 is 22.6 Å². The van der Waals surface area contributed by atoms with Crippen LogP contribution in [0.2, 0.25) is 0 Å². The zero-order valence-electron chi connectivity index (χ0n) is 23.5. The number of halogens is 2. The van der Waals surface area contributed by atoms with Crippen molar-refractivity contribution in [1.29, 1.82) is 5.26 Å². The summed E-state index contributed by atoms with van der Waals surface area (Å²) in [4.78, 5) is 40.6. The maximum Gasteiger partial charge on any atom is 0.345 e. The van der Waals surface area contributed by atoms with Crippen molar-refractivity contribution in [3.63, 3.8) is 0 Å². The van der Waals surface area contributed by atoms with E-state index in [0.29, 0.717) is 25.1 Å². The molecule has 4 aromatic rings. The number of esters is 1. The predicted molar refractivity (Wildman–Crippen MR) is 153 cm³/mol. The van der Waals surface area contributed by atoms with Crippen molar-refractivity contribution < 1.29 is 37.1 Å². The first-order chi connectivity index (χ1) is 21.6. The lowest BCUT2D eigenvalue weighted by Gasteiger charge is -2.19. The number of hydrogen-bond donors (Lipinski definition) is 2. The van der Waals surface area contributed by atoms with Crippen LogP contribution in [0.4, 0.5) is 8.78 Å². The molecule has 230 valence electrons. The van der Waals surface area contributed by atoms with Crippen LogP contribution in [0.3, 0.4) is 0 Å². The van der Waals surface area contributed by atoms with E-state index in [-0.39, 0.29) is 44.8 Å². The molecule has 0 radical (unpaired) electrons. The van der Waals surface area contributed by atoms with Gasteiger partial charge in [-0.2, -0.15) is 9.65 Å². The number of aromatic nitrogens is 3. The van der Waals surface area contributed by atoms with Crippen LogP contribution < -0.4 is 15.0 Å². The molecule has 16 heteroatoms. The second-order valence-corrected chi connectivity index (χ2v) is 10.7. The lowest BCUT2D eigenvalue weighted by atomic mass is 10.1. The standard InChI is InChI=1S/C29H22F2N6O7S/c1-3-42-28(40)18-13-35-29(36-26(18)39)45(41)16-5-7-21(17(11-16)25-33-8-9-37(25)2)43-24-19(30)14-34-27(23(24)31)44-22-10-15(12-32)4-6-20(22)38/h4-7,10-11,13-14,38H,3,8-9H2,1-2H3,(H,35,36,39). The highest BCUT2D eigenvalue weighted by Crippen LogP contribution is 2.38. The molecule has 3 heterocycles. The van der Waals surface area contributed by atoms with E-state index < -0.39 is 51.3 Å². The maximum absolute atomic E-state index is 15.5. The zero-order chi connectivity index (χ0) is 32.2. The van der Waals surface area contributed by atoms with Gasteiger partial charge in [0.05, 0.1) is 42.7 Å². The molecule has 0 saturated heterocycles. The Morgan fingerprint density at radius 1 is 1.16 bits per heavy atom. The van der Waals surface area contributed by atoms with Gasteiger partial charge in [0.15, 0.2) is 17.3 Å². The van der Waals surface area contributed by atoms with E-state index in [1.807, 2.05) is 6.07 Å². The molecule has 2 N–H and O–H groups in total. The minimum absolute atomic E-state index is 0.0446. The maximum atomic E-state index is 15.5. The van der Waals surface area contributed by atoms with Gasteiger partial charge in [-0.1, -0.05) is 0 Å². The first-order valence-corrected chi connectivity index (χ1v) is 14.3. The van der Waals surface area contributed by atoms with E-state index in [9.17, 15) is 23.3 Å². The summed E-state index contributed by atoms with van der Waals surface area (Å²) in [6, 6.07) is 9.55. The number of nitrogens with one attached hydrogen (secondary N) is 1. The number of nitriles is 1. The fourth-order valence-electron chi connectivity index (χ4n) is 4.13. The molecule has 1 aliphatic rings. The second kappa shape index (κ2) is 12.9. The second-order valence-electron chi connectivity index (χ2n) is 9.26. The Kier molecular flexibility index (Phi) is 8.81. The van der Waals surface area contributed by atoms with Crippen molar-refractivity contribution in [2.45, 2.75) is 17.0 Å². The molecule has 5 rings (SSSR count). The molecule has 0 saturated carbocycles. The summed E-state index contributed by atoms with van der Waals surface area (Å²) in [7, 11) is -0.342. The lowest BCUT2D eigenvalue weighted by Crippen LogP contribution is -2.24. The Morgan fingerprint density at radius 3 is 2.64 bits per heavy atom. The highest BCUT2D eigenvalue weighted by molar-refractivity contribution is 7.84. The molecule has 0 bridgehead atoms. The van der Waals surface area contributed by atoms with Crippen LogP contribution in [0.5, 0.6) is 28.9 Å². The molecular formula is C29H22F2N6O7S. The topological polar surface area (TPSA) is 180 Å². The number of likely N-dealkylation sites (N-methyl/N-ethyl adjacent to an activating group) is 1. The van der Waals surface area contributed by atoms with E-state index >= 15 is 4.39 Å². The zero-order valence-corrected chi connectivity index (χ0v) is 24.4. The third-order valence-corrected chi connectivity index (χ3v) is 7.56. The third-order valence-electron chi connectivity index (χ3n) is 6.32. The highest BCUT2D eigenvalue weighted by atomic mass is 32.2. The first-order valence-electron chi connectivity index (χ1n) is 13.1. The summed E-state index contributed by atoms with van der Waals surface area (Å²) < 4.78 is 59.7. The molecule has 13 nitrogen and oxygen atoms in total. The number of phenols is 1. The van der Waals surface area contributed by atoms with Crippen LogP contribution >= 0.6 is 0 Å². The van der Waals surface area contributed by atoms with Gasteiger partial charge in [0.2, 0.25) is 16.7 Å². The largest absolute Gasteiger partial charge is 0.504 e. The number of pyridine rings is 1. The summed E-state index contributed by atoms with van der Waals surface area (Å²) in [5.41, 5.74) is -0.883. The number of hydrogen-bond acceptors (Lipinski definition) is 12. The van der Waals surface area contributed by atoms with Crippen molar-refractivity contribution in [3.8, 4) is 34.9 Å². The van der Waals surface area contributed by atoms with E-state index in [0.717, 1.165) is 12.3 Å². The van der Waals surface area contributed by atoms with Gasteiger partial charge in [0.25, 0.3) is 11.4 Å². The van der Waals surface area contributed by atoms with Crippen LogP contribution in [-0.2, 0) is 15.5 Å². The van der Waals surface area contributed by atoms with Crippen molar-refractivity contribution in [3.05, 3.63) is 87.5 Å². The van der Waals surface area contributed by atoms with Crippen molar-refractivity contribution in [1.82, 2.24) is 19.9 Å². The van der Waals surface area contributed by atoms with Gasteiger partial charge in [-0.15, -0.1) is 0 Å². The SMILES string of the molecule is CCOC(=O)c1cnc(S(=O)c2ccc(Oc3c(F)cnc(Oc4cc(C#N)ccc4O)c3F)c(C3=NCCN3C)c2)[nH]c1=O. The normalized spacial score (nSPS) is 13.1. The molecule has 0 aliphatic carbocycles. The number of ether oxygens (including phenoxy) is 3. The van der Waals surface area contributed by atoms with Crippen LogP contribution in [0.15, 0.2) is 68.6 Å². The molecule has 45 heavy (non-hydrogen) atoms. The number of phenolic OH excluding ortho intramolecular Hbond substituents is 1. The van der Waals surface area contributed by atoms with E-state index in [2.05, 4.69) is 19.9 Å². The number of nitrogens with zero attached hydrogens (tertiary/aromatic N) is 5. The number of benzene rings is 2. The molecule has 1 aliphatic heterocycles. The molecule has 1 atom stereocenters. The Balaban J connectivity index is 1.51. The van der Waals surface area contributed by atoms with E-state index in [1.54, 1.807) is 18.9 Å². The van der Waals surface area contributed by atoms with Crippen LogP contribution in [-0.4, -0.2) is 67.7 Å². The number of carbonyl (C=O) groups is 1. The number of carbonyl (C=O) groups excluding carboxylic acids is 1. The quantitative estimate of drug-likeness (QED) is 0.202. The minimum atomic E-state index is -2.07.